The van der Waals surface area contributed by atoms with Crippen molar-refractivity contribution in [3.8, 4) is 5.88 Å². The van der Waals surface area contributed by atoms with Gasteiger partial charge in [0.05, 0.1) is 17.3 Å². The molecule has 4 rings (SSSR count). The van der Waals surface area contributed by atoms with Gasteiger partial charge >= 0.3 is 6.18 Å². The number of H-pyrrole nitrogens is 1. The Morgan fingerprint density at radius 1 is 1.00 bits per heavy atom. The fourth-order valence-corrected chi connectivity index (χ4v) is 4.86. The number of benzene rings is 2. The molecule has 1 amide bonds. The summed E-state index contributed by atoms with van der Waals surface area (Å²) in [4.78, 5) is 16.5. The third-order valence-electron chi connectivity index (χ3n) is 6.54. The van der Waals surface area contributed by atoms with Gasteiger partial charge in [-0.15, -0.1) is 0 Å². The molecule has 1 atom stereocenters. The molecular weight excluding hydrogens is 526 g/mol. The number of allylic oxidation sites excluding steroid dienone is 1. The van der Waals surface area contributed by atoms with Gasteiger partial charge in [0, 0.05) is 23.4 Å². The first kappa shape index (κ1) is 28.3. The Balaban J connectivity index is 2.20. The quantitative estimate of drug-likeness (QED) is 0.135. The van der Waals surface area contributed by atoms with Crippen LogP contribution < -0.4 is 16.2 Å². The predicted molar refractivity (Wildman–Crippen MR) is 144 cm³/mol. The summed E-state index contributed by atoms with van der Waals surface area (Å²) in [6.45, 7) is 3.18. The summed E-state index contributed by atoms with van der Waals surface area (Å²) in [6.07, 6.45) is -4.49. The number of rotatable bonds is 9. The Bertz CT molecular complexity index is 1580. The molecule has 40 heavy (non-hydrogen) atoms. The smallest absolute Gasteiger partial charge is 0.393 e. The normalized spacial score (nSPS) is 14.8. The number of pyridine rings is 1. The molecule has 0 aliphatic rings. The number of nitrogens with zero attached hydrogens (tertiary/aromatic N) is 2. The molecule has 0 fully saturated rings. The van der Waals surface area contributed by atoms with E-state index >= 15 is 0 Å². The van der Waals surface area contributed by atoms with Crippen LogP contribution in [0, 0.1) is 5.95 Å². The zero-order valence-corrected chi connectivity index (χ0v) is 21.7. The third kappa shape index (κ3) is 5.83. The van der Waals surface area contributed by atoms with Gasteiger partial charge in [-0.05, 0) is 48.2 Å². The van der Waals surface area contributed by atoms with Crippen LogP contribution in [0.4, 0.5) is 17.6 Å². The van der Waals surface area contributed by atoms with Gasteiger partial charge in [-0.25, -0.2) is 4.98 Å². The molecule has 0 bridgehead atoms. The van der Waals surface area contributed by atoms with E-state index in [9.17, 15) is 22.4 Å². The number of nitrogens with two attached hydrogens (primary N) is 2. The van der Waals surface area contributed by atoms with Crippen LogP contribution in [0.5, 0.6) is 5.88 Å². The number of halogens is 4. The fourth-order valence-electron chi connectivity index (χ4n) is 4.86. The molecule has 0 spiro atoms. The van der Waals surface area contributed by atoms with Gasteiger partial charge in [-0.1, -0.05) is 49.4 Å². The summed E-state index contributed by atoms with van der Waals surface area (Å²) < 4.78 is 63.8. The van der Waals surface area contributed by atoms with Crippen molar-refractivity contribution >= 4 is 28.0 Å². The maximum absolute atomic E-state index is 14.6. The number of carbonyl (C=O) groups excluding carboxylic acids is 1. The maximum atomic E-state index is 14.6. The number of amides is 1. The van der Waals surface area contributed by atoms with Crippen LogP contribution in [0.3, 0.4) is 0 Å². The molecule has 0 aliphatic carbocycles. The minimum atomic E-state index is -4.65. The first-order valence-corrected chi connectivity index (χ1v) is 12.3. The highest BCUT2D eigenvalue weighted by atomic mass is 19.4. The standard InChI is InChI=1S/C29H27F4N5O2/c1-3-21(25(34)27(35)39)28(2,40-23-11-7-8-14-36-23)24(18-12-13-22-19(15-18)26(30)38-37-22)20(16-29(31,32)33)17-9-5-4-6-10-17/h4-15H,3,16,34H2,1-2H3,(H2,35,39)(H,37,38)/b24-20-,25-21?. The number of carbonyl (C=O) groups is 1. The highest BCUT2D eigenvalue weighted by molar-refractivity contribution is 6.00. The van der Waals surface area contributed by atoms with Gasteiger partial charge in [-0.2, -0.15) is 22.7 Å². The summed E-state index contributed by atoms with van der Waals surface area (Å²) in [7, 11) is 0. The van der Waals surface area contributed by atoms with E-state index in [0.717, 1.165) is 0 Å². The van der Waals surface area contributed by atoms with Crippen LogP contribution in [-0.4, -0.2) is 32.9 Å². The topological polar surface area (TPSA) is 120 Å². The van der Waals surface area contributed by atoms with Crippen LogP contribution in [0.1, 0.15) is 37.8 Å². The van der Waals surface area contributed by atoms with Gasteiger partial charge in [0.2, 0.25) is 11.8 Å². The zero-order chi connectivity index (χ0) is 29.1. The molecule has 11 heteroatoms. The summed E-state index contributed by atoms with van der Waals surface area (Å²) >= 11 is 0. The Labute approximate surface area is 227 Å². The molecule has 0 saturated carbocycles. The van der Waals surface area contributed by atoms with E-state index in [0.29, 0.717) is 0 Å². The van der Waals surface area contributed by atoms with Gasteiger partial charge in [-0.3, -0.25) is 9.89 Å². The van der Waals surface area contributed by atoms with Crippen molar-refractivity contribution in [3.63, 3.8) is 0 Å². The van der Waals surface area contributed by atoms with Crippen LogP contribution in [0.2, 0.25) is 0 Å². The highest BCUT2D eigenvalue weighted by Gasteiger charge is 2.43. The van der Waals surface area contributed by atoms with E-state index in [1.54, 1.807) is 37.3 Å². The first-order chi connectivity index (χ1) is 18.9. The number of primary amides is 1. The monoisotopic (exact) mass is 553 g/mol. The van der Waals surface area contributed by atoms with E-state index in [1.807, 2.05) is 0 Å². The number of aromatic amines is 1. The van der Waals surface area contributed by atoms with Crippen molar-refractivity contribution in [2.75, 3.05) is 0 Å². The second kappa shape index (κ2) is 11.2. The van der Waals surface area contributed by atoms with Gasteiger partial charge in [0.15, 0.2) is 5.60 Å². The average Bonchev–Trinajstić information content (AvgIpc) is 3.29. The Morgan fingerprint density at radius 2 is 1.70 bits per heavy atom. The van der Waals surface area contributed by atoms with Crippen molar-refractivity contribution in [2.24, 2.45) is 11.5 Å². The fraction of sp³-hybridized carbons (Fsp3) is 0.207. The SMILES string of the molecule is CCC(=C(N)C(N)=O)C(C)(Oc1ccccn1)/C(=C(/CC(F)(F)F)c1ccccc1)c1ccc2n[nH]c(F)c2c1. The van der Waals surface area contributed by atoms with Gasteiger partial charge in [0.25, 0.3) is 5.91 Å². The van der Waals surface area contributed by atoms with Crippen molar-refractivity contribution in [2.45, 2.75) is 38.5 Å². The molecule has 7 nitrogen and oxygen atoms in total. The second-order valence-electron chi connectivity index (χ2n) is 9.19. The van der Waals surface area contributed by atoms with E-state index < -0.39 is 30.1 Å². The number of ether oxygens (including phenoxy) is 1. The molecule has 0 aliphatic heterocycles. The van der Waals surface area contributed by atoms with Crippen LogP contribution in [0.15, 0.2) is 84.2 Å². The van der Waals surface area contributed by atoms with Crippen molar-refractivity contribution in [1.82, 2.24) is 15.2 Å². The first-order valence-electron chi connectivity index (χ1n) is 12.3. The third-order valence-corrected chi connectivity index (χ3v) is 6.54. The number of hydrogen-bond donors (Lipinski definition) is 3. The lowest BCUT2D eigenvalue weighted by Gasteiger charge is -2.38. The summed E-state index contributed by atoms with van der Waals surface area (Å²) in [5, 5.41) is 6.18. The molecule has 1 unspecified atom stereocenters. The molecular formula is C29H27F4N5O2. The average molecular weight is 554 g/mol. The number of alkyl halides is 3. The van der Waals surface area contributed by atoms with Gasteiger partial charge < -0.3 is 16.2 Å². The molecule has 0 saturated heterocycles. The van der Waals surface area contributed by atoms with Crippen LogP contribution in [0.25, 0.3) is 22.0 Å². The molecule has 2 aromatic carbocycles. The number of hydrogen-bond acceptors (Lipinski definition) is 5. The molecule has 2 heterocycles. The van der Waals surface area contributed by atoms with Crippen LogP contribution in [-0.2, 0) is 4.79 Å². The van der Waals surface area contributed by atoms with E-state index in [1.165, 1.54) is 49.5 Å². The second-order valence-corrected chi connectivity index (χ2v) is 9.19. The van der Waals surface area contributed by atoms with Crippen molar-refractivity contribution in [1.29, 1.82) is 0 Å². The lowest BCUT2D eigenvalue weighted by atomic mass is 9.76. The molecule has 4 aromatic rings. The number of nitrogens with one attached hydrogen (secondary N) is 1. The molecule has 2 aromatic heterocycles. The van der Waals surface area contributed by atoms with Gasteiger partial charge in [0.1, 0.15) is 5.70 Å². The molecule has 0 radical (unpaired) electrons. The molecule has 5 N–H and O–H groups in total. The number of fused-ring (bicyclic) bond motifs is 1. The summed E-state index contributed by atoms with van der Waals surface area (Å²) in [5.74, 6) is -1.68. The number of aromatic nitrogens is 3. The maximum Gasteiger partial charge on any atom is 0.393 e. The lowest BCUT2D eigenvalue weighted by molar-refractivity contribution is -0.123. The zero-order valence-electron chi connectivity index (χ0n) is 21.7. The minimum absolute atomic E-state index is 0.00484. The highest BCUT2D eigenvalue weighted by Crippen LogP contribution is 2.47. The largest absolute Gasteiger partial charge is 0.462 e. The Hall–Kier alpha value is -4.67. The van der Waals surface area contributed by atoms with E-state index in [4.69, 9.17) is 16.2 Å². The molecule has 208 valence electrons. The summed E-state index contributed by atoms with van der Waals surface area (Å²) in [6, 6.07) is 17.1. The minimum Gasteiger partial charge on any atom is -0.462 e. The Morgan fingerprint density at radius 3 is 2.30 bits per heavy atom. The van der Waals surface area contributed by atoms with Crippen LogP contribution >= 0.6 is 0 Å². The van der Waals surface area contributed by atoms with Crippen molar-refractivity contribution in [3.05, 3.63) is 101 Å². The van der Waals surface area contributed by atoms with E-state index in [-0.39, 0.29) is 56.7 Å². The summed E-state index contributed by atoms with van der Waals surface area (Å²) in [5.41, 5.74) is 10.2. The lowest BCUT2D eigenvalue weighted by Crippen LogP contribution is -2.41. The van der Waals surface area contributed by atoms with Crippen molar-refractivity contribution < 1.29 is 27.1 Å². The Kier molecular flexibility index (Phi) is 7.94. The predicted octanol–water partition coefficient (Wildman–Crippen LogP) is 5.91. The van der Waals surface area contributed by atoms with E-state index in [2.05, 4.69) is 15.2 Å².